The largest absolute Gasteiger partial charge is 0.193 e. The predicted octanol–water partition coefficient (Wildman–Crippen LogP) is -1.06. The Labute approximate surface area is 33.0 Å². The summed E-state index contributed by atoms with van der Waals surface area (Å²) < 4.78 is 0. The van der Waals surface area contributed by atoms with E-state index < -0.39 is 0 Å². The standard InChI is InChI=1S/C3H2BP/c5-3-1-2(3)4-1/h4-5H. The van der Waals surface area contributed by atoms with Gasteiger partial charge in [-0.05, 0) is 4.94 Å². The molecule has 0 nitrogen and oxygen atoms in total. The summed E-state index contributed by atoms with van der Waals surface area (Å²) in [5.41, 5.74) is 3.17. The fraction of sp³-hybridized carbons (Fsp3) is 0. The van der Waals surface area contributed by atoms with Crippen LogP contribution in [0, 0.1) is 4.94 Å². The van der Waals surface area contributed by atoms with Crippen molar-refractivity contribution in [1.29, 1.82) is 0 Å². The fourth-order valence-electron chi connectivity index (χ4n) is 0.473. The van der Waals surface area contributed by atoms with E-state index in [4.69, 9.17) is 0 Å². The molecule has 0 fully saturated rings. The van der Waals surface area contributed by atoms with Gasteiger partial charge < -0.3 is 0 Å². The van der Waals surface area contributed by atoms with Gasteiger partial charge in [-0.1, -0.05) is 10.9 Å². The lowest BCUT2D eigenvalue weighted by Crippen LogP contribution is -1.85. The Kier molecular flexibility index (Phi) is 0.156. The summed E-state index contributed by atoms with van der Waals surface area (Å²) in [6.45, 7) is 0. The van der Waals surface area contributed by atoms with Crippen molar-refractivity contribution in [3.05, 3.63) is 4.94 Å². The Morgan fingerprint density at radius 2 is 1.80 bits per heavy atom. The monoisotopic (exact) mass is 80.0 g/mol. The fourth-order valence-corrected chi connectivity index (χ4v) is 0.889. The Balaban J connectivity index is 3.08. The van der Waals surface area contributed by atoms with Gasteiger partial charge in [-0.2, -0.15) is 0 Å². The van der Waals surface area contributed by atoms with Crippen LogP contribution in [0.4, 0.5) is 0 Å². The maximum atomic E-state index is 3.38. The van der Waals surface area contributed by atoms with Crippen molar-refractivity contribution in [2.24, 2.45) is 0 Å². The van der Waals surface area contributed by atoms with E-state index in [9.17, 15) is 0 Å². The normalized spacial score (nSPS) is 14.4. The molecule has 1 heterocycles. The van der Waals surface area contributed by atoms with Crippen molar-refractivity contribution in [3.63, 3.8) is 0 Å². The highest BCUT2D eigenvalue weighted by molar-refractivity contribution is 7.14. The molecule has 0 N–H and O–H groups in total. The number of fused-ring (bicyclic) bond motifs is 1. The number of hydrogen-bond acceptors (Lipinski definition) is 0. The molecule has 0 amide bonds. The Morgan fingerprint density at radius 1 is 1.40 bits per heavy atom. The van der Waals surface area contributed by atoms with E-state index in [0.717, 1.165) is 0 Å². The van der Waals surface area contributed by atoms with Crippen molar-refractivity contribution >= 4 is 27.1 Å². The zero-order valence-electron chi connectivity index (χ0n) is 2.71. The molecule has 0 spiro atoms. The first kappa shape index (κ1) is 2.20. The van der Waals surface area contributed by atoms with E-state index in [-0.39, 0.29) is 0 Å². The molecule has 1 aromatic carbocycles. The van der Waals surface area contributed by atoms with Crippen molar-refractivity contribution < 1.29 is 0 Å². The lowest BCUT2D eigenvalue weighted by Gasteiger charge is -1.54. The van der Waals surface area contributed by atoms with E-state index in [0.29, 0.717) is 0 Å². The topological polar surface area (TPSA) is 0 Å². The van der Waals surface area contributed by atoms with Crippen LogP contribution in [0.15, 0.2) is 0 Å². The second kappa shape index (κ2) is 0.354. The minimum absolute atomic E-state index is 1.32. The minimum atomic E-state index is 1.32. The average Bonchev–Trinajstić information content (AvgIpc) is 2.11. The highest BCUT2D eigenvalue weighted by atomic mass is 31.0. The van der Waals surface area contributed by atoms with Crippen LogP contribution < -0.4 is 10.9 Å². The number of hydrogen-bond donors (Lipinski definition) is 0. The van der Waals surface area contributed by atoms with Gasteiger partial charge >= 0.3 is 0 Å². The SMILES string of the molecule is P=c1c2c1B2. The van der Waals surface area contributed by atoms with E-state index in [1.165, 1.54) is 12.2 Å². The molecule has 0 aromatic heterocycles. The Morgan fingerprint density at radius 3 is 1.80 bits per heavy atom. The van der Waals surface area contributed by atoms with Crippen LogP contribution in [-0.2, 0) is 0 Å². The molecule has 0 unspecified atom stereocenters. The van der Waals surface area contributed by atoms with Gasteiger partial charge in [0.1, 0.15) is 0 Å². The van der Waals surface area contributed by atoms with Gasteiger partial charge in [-0.15, -0.1) is 8.86 Å². The second-order valence-electron chi connectivity index (χ2n) is 1.51. The molecule has 1 aromatic rings. The first-order valence-electron chi connectivity index (χ1n) is 1.71. The molecule has 0 saturated heterocycles. The Bertz CT molecular complexity index is 165. The van der Waals surface area contributed by atoms with Crippen molar-refractivity contribution in [2.45, 2.75) is 0 Å². The first-order valence-corrected chi connectivity index (χ1v) is 2.21. The zero-order valence-corrected chi connectivity index (χ0v) is 3.71. The highest BCUT2D eigenvalue weighted by Gasteiger charge is 2.31. The summed E-state index contributed by atoms with van der Waals surface area (Å²) in [5, 5.41) is 0. The lowest BCUT2D eigenvalue weighted by atomic mass is 9.93. The molecule has 0 saturated carbocycles. The summed E-state index contributed by atoms with van der Waals surface area (Å²) in [7, 11) is 4.70. The van der Waals surface area contributed by atoms with Crippen LogP contribution in [0.1, 0.15) is 0 Å². The zero-order chi connectivity index (χ0) is 3.44. The summed E-state index contributed by atoms with van der Waals surface area (Å²) >= 11 is 0. The molecule has 2 rings (SSSR count). The highest BCUT2D eigenvalue weighted by Crippen LogP contribution is 2.01. The van der Waals surface area contributed by atoms with Crippen LogP contribution >= 0.6 is 8.86 Å². The summed E-state index contributed by atoms with van der Waals surface area (Å²) in [4.78, 5) is 1.41. The van der Waals surface area contributed by atoms with Crippen LogP contribution in [0.2, 0.25) is 0 Å². The van der Waals surface area contributed by atoms with E-state index >= 15 is 0 Å². The molecule has 22 valence electrons. The lowest BCUT2D eigenvalue weighted by molar-refractivity contribution is 2.41. The second-order valence-corrected chi connectivity index (χ2v) is 2.01. The third-order valence-corrected chi connectivity index (χ3v) is 1.74. The van der Waals surface area contributed by atoms with E-state index in [1.54, 1.807) is 10.9 Å². The van der Waals surface area contributed by atoms with Crippen molar-refractivity contribution in [2.75, 3.05) is 0 Å². The summed E-state index contributed by atoms with van der Waals surface area (Å²) in [6.07, 6.45) is 0. The predicted molar refractivity (Wildman–Crippen MR) is 26.8 cm³/mol. The summed E-state index contributed by atoms with van der Waals surface area (Å²) in [5.74, 6) is 0. The van der Waals surface area contributed by atoms with E-state index in [1.807, 2.05) is 0 Å². The van der Waals surface area contributed by atoms with Crippen LogP contribution in [0.25, 0.3) is 0 Å². The molecule has 0 radical (unpaired) electrons. The van der Waals surface area contributed by atoms with Crippen LogP contribution in [-0.4, -0.2) is 7.28 Å². The van der Waals surface area contributed by atoms with Gasteiger partial charge in [0.15, 0.2) is 7.28 Å². The smallest absolute Gasteiger partial charge is 0.115 e. The molecular formula is C3H2BP. The molecule has 0 atom stereocenters. The maximum absolute atomic E-state index is 3.38. The van der Waals surface area contributed by atoms with Crippen molar-refractivity contribution in [1.82, 2.24) is 0 Å². The third-order valence-electron chi connectivity index (χ3n) is 1.13. The van der Waals surface area contributed by atoms with Crippen LogP contribution in [0.3, 0.4) is 0 Å². The van der Waals surface area contributed by atoms with Crippen molar-refractivity contribution in [3.8, 4) is 0 Å². The Hall–Kier alpha value is -0.0251. The average molecular weight is 79.8 g/mol. The third kappa shape index (κ3) is 0.108. The van der Waals surface area contributed by atoms with E-state index in [2.05, 4.69) is 8.86 Å². The maximum Gasteiger partial charge on any atom is 0.193 e. The summed E-state index contributed by atoms with van der Waals surface area (Å²) in [6, 6.07) is 0. The minimum Gasteiger partial charge on any atom is -0.115 e. The van der Waals surface area contributed by atoms with Crippen LogP contribution in [0.5, 0.6) is 0 Å². The van der Waals surface area contributed by atoms with Gasteiger partial charge in [-0.3, -0.25) is 0 Å². The quantitative estimate of drug-likeness (QED) is 0.279. The van der Waals surface area contributed by atoms with Gasteiger partial charge in [0.05, 0.1) is 0 Å². The van der Waals surface area contributed by atoms with Gasteiger partial charge in [0.25, 0.3) is 0 Å². The van der Waals surface area contributed by atoms with Gasteiger partial charge in [0, 0.05) is 0 Å². The van der Waals surface area contributed by atoms with Gasteiger partial charge in [0.2, 0.25) is 0 Å². The molecule has 5 heavy (non-hydrogen) atoms. The molecule has 0 aliphatic carbocycles. The van der Waals surface area contributed by atoms with Gasteiger partial charge in [-0.25, -0.2) is 0 Å². The molecule has 1 aliphatic rings. The molecule has 2 heteroatoms. The molecule has 0 bridgehead atoms. The molecule has 1 aliphatic heterocycles. The first-order chi connectivity index (χ1) is 2.39. The molecular weight excluding hydrogens is 77.8 g/mol. The number of rotatable bonds is 0.